The molecule has 0 spiro atoms. The van der Waals surface area contributed by atoms with Gasteiger partial charge in [0.15, 0.2) is 0 Å². The first-order valence-corrected chi connectivity index (χ1v) is 7.15. The lowest BCUT2D eigenvalue weighted by atomic mass is 10.0. The van der Waals surface area contributed by atoms with E-state index in [4.69, 9.17) is 5.11 Å². The predicted molar refractivity (Wildman–Crippen MR) is 78.3 cm³/mol. The van der Waals surface area contributed by atoms with Crippen LogP contribution in [0.15, 0.2) is 24.3 Å². The molecule has 1 amide bonds. The number of nitrogens with one attached hydrogen (secondary N) is 1. The number of carboxylic acid groups (broad SMARTS) is 1. The van der Waals surface area contributed by atoms with E-state index in [1.807, 2.05) is 0 Å². The normalized spacial score (nSPS) is 14.0. The molecule has 6 heteroatoms. The number of aromatic nitrogens is 1. The molecule has 114 valence electrons. The summed E-state index contributed by atoms with van der Waals surface area (Å²) in [6.45, 7) is 0.0338. The van der Waals surface area contributed by atoms with Crippen molar-refractivity contribution in [2.75, 3.05) is 6.54 Å². The Morgan fingerprint density at radius 2 is 2.09 bits per heavy atom. The fraction of sp³-hybridized carbons (Fsp3) is 0.312. The highest BCUT2D eigenvalue weighted by atomic mass is 19.1. The average molecular weight is 302 g/mol. The summed E-state index contributed by atoms with van der Waals surface area (Å²) in [6, 6.07) is 5.85. The summed E-state index contributed by atoms with van der Waals surface area (Å²) in [6.07, 6.45) is 1.93. The van der Waals surface area contributed by atoms with Gasteiger partial charge in [-0.1, -0.05) is 0 Å². The molecule has 5 nitrogen and oxygen atoms in total. The second-order valence-electron chi connectivity index (χ2n) is 5.43. The lowest BCUT2D eigenvalue weighted by Crippen LogP contribution is -2.26. The first-order chi connectivity index (χ1) is 10.5. The number of halogens is 1. The molecular formula is C16H15FN2O3. The van der Waals surface area contributed by atoms with Crippen LogP contribution in [-0.2, 0) is 4.79 Å². The molecule has 0 unspecified atom stereocenters. The Hall–Kier alpha value is -2.50. The number of carbonyl (C=O) groups excluding carboxylic acids is 1. The van der Waals surface area contributed by atoms with E-state index < -0.39 is 17.7 Å². The fourth-order valence-electron chi connectivity index (χ4n) is 2.37. The maximum absolute atomic E-state index is 13.5. The zero-order valence-corrected chi connectivity index (χ0v) is 11.8. The Morgan fingerprint density at radius 3 is 2.77 bits per heavy atom. The first kappa shape index (κ1) is 14.4. The van der Waals surface area contributed by atoms with Crippen LogP contribution in [-0.4, -0.2) is 28.5 Å². The molecule has 0 radical (unpaired) electrons. The number of hydrogen-bond acceptors (Lipinski definition) is 3. The summed E-state index contributed by atoms with van der Waals surface area (Å²) in [5.74, 6) is -1.46. The summed E-state index contributed by atoms with van der Waals surface area (Å²) < 4.78 is 13.5. The monoisotopic (exact) mass is 302 g/mol. The number of aliphatic carboxylic acids is 1. The third kappa shape index (κ3) is 3.05. The Bertz CT molecular complexity index is 756. The number of rotatable bonds is 5. The molecule has 1 aromatic carbocycles. The van der Waals surface area contributed by atoms with E-state index in [0.29, 0.717) is 22.4 Å². The van der Waals surface area contributed by atoms with Crippen LogP contribution >= 0.6 is 0 Å². The lowest BCUT2D eigenvalue weighted by Gasteiger charge is -2.10. The second kappa shape index (κ2) is 5.71. The zero-order valence-electron chi connectivity index (χ0n) is 11.8. The number of benzene rings is 1. The summed E-state index contributed by atoms with van der Waals surface area (Å²) in [7, 11) is 0. The third-order valence-electron chi connectivity index (χ3n) is 3.66. The van der Waals surface area contributed by atoms with Crippen LogP contribution < -0.4 is 5.32 Å². The largest absolute Gasteiger partial charge is 0.481 e. The van der Waals surface area contributed by atoms with Gasteiger partial charge in [-0.05, 0) is 37.1 Å². The van der Waals surface area contributed by atoms with E-state index in [1.54, 1.807) is 12.1 Å². The quantitative estimate of drug-likeness (QED) is 0.889. The van der Waals surface area contributed by atoms with Crippen molar-refractivity contribution in [1.29, 1.82) is 0 Å². The number of carboxylic acids is 1. The molecule has 0 atom stereocenters. The maximum atomic E-state index is 13.5. The van der Waals surface area contributed by atoms with Gasteiger partial charge in [0.25, 0.3) is 5.91 Å². The van der Waals surface area contributed by atoms with E-state index in [1.165, 1.54) is 12.1 Å². The van der Waals surface area contributed by atoms with E-state index in [9.17, 15) is 14.0 Å². The maximum Gasteiger partial charge on any atom is 0.305 e. The van der Waals surface area contributed by atoms with Crippen molar-refractivity contribution in [3.8, 4) is 0 Å². The van der Waals surface area contributed by atoms with Crippen molar-refractivity contribution in [3.05, 3.63) is 41.3 Å². The van der Waals surface area contributed by atoms with Crippen LogP contribution in [0.25, 0.3) is 10.9 Å². The Labute approximate surface area is 126 Å². The molecule has 2 N–H and O–H groups in total. The van der Waals surface area contributed by atoms with E-state index in [0.717, 1.165) is 18.5 Å². The molecule has 1 heterocycles. The highest BCUT2D eigenvalue weighted by Gasteiger charge is 2.27. The molecule has 1 saturated carbocycles. The van der Waals surface area contributed by atoms with Crippen LogP contribution in [0.1, 0.15) is 41.2 Å². The summed E-state index contributed by atoms with van der Waals surface area (Å²) in [4.78, 5) is 27.3. The standard InChI is InChI=1S/C16H15FN2O3/c17-10-3-4-13-11(7-10)12(8-14(19-13)9-1-2-9)16(22)18-6-5-15(20)21/h3-4,7-9H,1-2,5-6H2,(H,18,22)(H,20,21). The molecule has 1 aliphatic rings. The van der Waals surface area contributed by atoms with Crippen molar-refractivity contribution in [2.24, 2.45) is 0 Å². The Balaban J connectivity index is 1.96. The van der Waals surface area contributed by atoms with Crippen LogP contribution in [0.2, 0.25) is 0 Å². The van der Waals surface area contributed by atoms with Crippen molar-refractivity contribution in [3.63, 3.8) is 0 Å². The first-order valence-electron chi connectivity index (χ1n) is 7.15. The van der Waals surface area contributed by atoms with Crippen molar-refractivity contribution in [1.82, 2.24) is 10.3 Å². The summed E-state index contributed by atoms with van der Waals surface area (Å²) in [5, 5.41) is 11.6. The number of carbonyl (C=O) groups is 2. The van der Waals surface area contributed by atoms with Crippen molar-refractivity contribution < 1.29 is 19.1 Å². The van der Waals surface area contributed by atoms with Gasteiger partial charge in [-0.3, -0.25) is 14.6 Å². The van der Waals surface area contributed by atoms with Crippen LogP contribution in [0.5, 0.6) is 0 Å². The SMILES string of the molecule is O=C(O)CCNC(=O)c1cc(C2CC2)nc2ccc(F)cc12. The van der Waals surface area contributed by atoms with Gasteiger partial charge in [-0.15, -0.1) is 0 Å². The van der Waals surface area contributed by atoms with Crippen molar-refractivity contribution in [2.45, 2.75) is 25.2 Å². The molecule has 1 aromatic heterocycles. The van der Waals surface area contributed by atoms with E-state index >= 15 is 0 Å². The van der Waals surface area contributed by atoms with Crippen LogP contribution in [0.3, 0.4) is 0 Å². The van der Waals surface area contributed by atoms with Gasteiger partial charge >= 0.3 is 5.97 Å². The summed E-state index contributed by atoms with van der Waals surface area (Å²) in [5.41, 5.74) is 1.76. The molecule has 22 heavy (non-hydrogen) atoms. The fourth-order valence-corrected chi connectivity index (χ4v) is 2.37. The topological polar surface area (TPSA) is 79.3 Å². The highest BCUT2D eigenvalue weighted by Crippen LogP contribution is 2.40. The second-order valence-corrected chi connectivity index (χ2v) is 5.43. The van der Waals surface area contributed by atoms with Gasteiger partial charge < -0.3 is 10.4 Å². The van der Waals surface area contributed by atoms with Crippen molar-refractivity contribution >= 4 is 22.8 Å². The number of pyridine rings is 1. The molecular weight excluding hydrogens is 287 g/mol. The van der Waals surface area contributed by atoms with Gasteiger partial charge in [-0.2, -0.15) is 0 Å². The minimum atomic E-state index is -0.982. The lowest BCUT2D eigenvalue weighted by molar-refractivity contribution is -0.136. The van der Waals surface area contributed by atoms with Gasteiger partial charge in [0.05, 0.1) is 17.5 Å². The van der Waals surface area contributed by atoms with Gasteiger partial charge in [0, 0.05) is 23.5 Å². The van der Waals surface area contributed by atoms with Crippen LogP contribution in [0.4, 0.5) is 4.39 Å². The van der Waals surface area contributed by atoms with Gasteiger partial charge in [-0.25, -0.2) is 4.39 Å². The highest BCUT2D eigenvalue weighted by molar-refractivity contribution is 6.06. The summed E-state index contributed by atoms with van der Waals surface area (Å²) >= 11 is 0. The Kier molecular flexibility index (Phi) is 3.75. The molecule has 0 aliphatic heterocycles. The number of nitrogens with zero attached hydrogens (tertiary/aromatic N) is 1. The zero-order chi connectivity index (χ0) is 15.7. The number of hydrogen-bond donors (Lipinski definition) is 2. The minimum Gasteiger partial charge on any atom is -0.481 e. The van der Waals surface area contributed by atoms with Crippen LogP contribution in [0, 0.1) is 5.82 Å². The number of amides is 1. The molecule has 2 aromatic rings. The molecule has 0 saturated heterocycles. The minimum absolute atomic E-state index is 0.0338. The van der Waals surface area contributed by atoms with Gasteiger partial charge in [0.1, 0.15) is 5.82 Å². The van der Waals surface area contributed by atoms with Gasteiger partial charge in [0.2, 0.25) is 0 Å². The predicted octanol–water partition coefficient (Wildman–Crippen LogP) is 2.46. The molecule has 1 aliphatic carbocycles. The third-order valence-corrected chi connectivity index (χ3v) is 3.66. The molecule has 3 rings (SSSR count). The van der Waals surface area contributed by atoms with E-state index in [2.05, 4.69) is 10.3 Å². The van der Waals surface area contributed by atoms with E-state index in [-0.39, 0.29) is 13.0 Å². The average Bonchev–Trinajstić information content (AvgIpc) is 3.30. The number of fused-ring (bicyclic) bond motifs is 1. The smallest absolute Gasteiger partial charge is 0.305 e. The molecule has 1 fully saturated rings. The Morgan fingerprint density at radius 1 is 1.32 bits per heavy atom. The molecule has 0 bridgehead atoms.